The zero-order valence-electron chi connectivity index (χ0n) is 10.6. The van der Waals surface area contributed by atoms with Gasteiger partial charge in [0.15, 0.2) is 0 Å². The first-order chi connectivity index (χ1) is 8.16. The molecular formula is C12H21ClN4. The van der Waals surface area contributed by atoms with Crippen molar-refractivity contribution in [2.75, 3.05) is 26.7 Å². The molecule has 0 atom stereocenters. The Morgan fingerprint density at radius 3 is 2.71 bits per heavy atom. The molecule has 0 bridgehead atoms. The number of imidazole rings is 1. The summed E-state index contributed by atoms with van der Waals surface area (Å²) < 4.78 is 1.92. The van der Waals surface area contributed by atoms with Crippen LogP contribution >= 0.6 is 11.6 Å². The molecule has 4 nitrogen and oxygen atoms in total. The van der Waals surface area contributed by atoms with Gasteiger partial charge in [0.2, 0.25) is 0 Å². The van der Waals surface area contributed by atoms with Gasteiger partial charge < -0.3 is 14.8 Å². The monoisotopic (exact) mass is 256 g/mol. The topological polar surface area (TPSA) is 33.1 Å². The average Bonchev–Trinajstić information content (AvgIpc) is 2.64. The molecule has 0 aromatic carbocycles. The molecule has 96 valence electrons. The predicted octanol–water partition coefficient (Wildman–Crippen LogP) is 1.50. The van der Waals surface area contributed by atoms with Gasteiger partial charge >= 0.3 is 0 Å². The highest BCUT2D eigenvalue weighted by atomic mass is 35.5. The van der Waals surface area contributed by atoms with Gasteiger partial charge in [0.05, 0.1) is 12.7 Å². The van der Waals surface area contributed by atoms with E-state index in [4.69, 9.17) is 11.6 Å². The number of likely N-dealkylation sites (tertiary alicyclic amines) is 1. The number of hydrogen-bond donors (Lipinski definition) is 1. The molecule has 0 spiro atoms. The molecule has 1 aromatic heterocycles. The first-order valence-electron chi connectivity index (χ1n) is 6.22. The normalized spacial score (nSPS) is 18.8. The van der Waals surface area contributed by atoms with Gasteiger partial charge in [-0.15, -0.1) is 0 Å². The van der Waals surface area contributed by atoms with E-state index in [2.05, 4.69) is 22.2 Å². The molecule has 17 heavy (non-hydrogen) atoms. The van der Waals surface area contributed by atoms with Gasteiger partial charge in [0.25, 0.3) is 0 Å². The molecule has 0 unspecified atom stereocenters. The summed E-state index contributed by atoms with van der Waals surface area (Å²) in [6, 6.07) is 0. The minimum absolute atomic E-state index is 0.695. The third kappa shape index (κ3) is 3.44. The maximum atomic E-state index is 5.94. The Kier molecular flexibility index (Phi) is 4.42. The van der Waals surface area contributed by atoms with E-state index in [1.807, 2.05) is 11.6 Å². The Labute approximate surface area is 108 Å². The van der Waals surface area contributed by atoms with Crippen LogP contribution in [0.1, 0.15) is 18.7 Å². The molecule has 5 heteroatoms. The Morgan fingerprint density at radius 2 is 2.12 bits per heavy atom. The first kappa shape index (κ1) is 12.9. The average molecular weight is 257 g/mol. The summed E-state index contributed by atoms with van der Waals surface area (Å²) >= 11 is 5.94. The number of nitrogens with zero attached hydrogens (tertiary/aromatic N) is 3. The van der Waals surface area contributed by atoms with Crippen molar-refractivity contribution in [2.24, 2.45) is 13.0 Å². The van der Waals surface area contributed by atoms with Crippen LogP contribution in [0.15, 0.2) is 6.20 Å². The van der Waals surface area contributed by atoms with E-state index >= 15 is 0 Å². The lowest BCUT2D eigenvalue weighted by Gasteiger charge is -2.28. The van der Waals surface area contributed by atoms with Crippen LogP contribution in [0.25, 0.3) is 0 Å². The van der Waals surface area contributed by atoms with Crippen LogP contribution in [-0.4, -0.2) is 41.1 Å². The first-order valence-corrected chi connectivity index (χ1v) is 6.60. The molecular weight excluding hydrogens is 236 g/mol. The third-order valence-corrected chi connectivity index (χ3v) is 3.93. The molecule has 2 rings (SSSR count). The molecule has 0 radical (unpaired) electrons. The van der Waals surface area contributed by atoms with Crippen LogP contribution in [0.5, 0.6) is 0 Å². The number of aromatic nitrogens is 2. The quantitative estimate of drug-likeness (QED) is 0.887. The number of nitrogens with one attached hydrogen (secondary N) is 1. The van der Waals surface area contributed by atoms with Gasteiger partial charge in [-0.05, 0) is 45.4 Å². The fourth-order valence-corrected chi connectivity index (χ4v) is 2.39. The van der Waals surface area contributed by atoms with Crippen molar-refractivity contribution in [1.82, 2.24) is 19.8 Å². The van der Waals surface area contributed by atoms with Gasteiger partial charge in [-0.1, -0.05) is 11.6 Å². The summed E-state index contributed by atoms with van der Waals surface area (Å²) in [5.41, 5.74) is 0. The second kappa shape index (κ2) is 5.85. The van der Waals surface area contributed by atoms with Crippen LogP contribution in [0, 0.1) is 5.92 Å². The summed E-state index contributed by atoms with van der Waals surface area (Å²) in [7, 11) is 4.14. The van der Waals surface area contributed by atoms with E-state index in [0.717, 1.165) is 24.8 Å². The number of piperidine rings is 1. The minimum Gasteiger partial charge on any atom is -0.321 e. The SMILES string of the molecule is CN1CCC(CNCc2ncc(Cl)n2C)CC1. The van der Waals surface area contributed by atoms with E-state index in [1.165, 1.54) is 25.9 Å². The third-order valence-electron chi connectivity index (χ3n) is 3.58. The van der Waals surface area contributed by atoms with Crippen molar-refractivity contribution in [2.45, 2.75) is 19.4 Å². The maximum absolute atomic E-state index is 5.94. The standard InChI is InChI=1S/C12H21ClN4/c1-16-5-3-10(4-6-16)7-14-9-12-15-8-11(13)17(12)2/h8,10,14H,3-7,9H2,1-2H3. The van der Waals surface area contributed by atoms with E-state index in [0.29, 0.717) is 5.15 Å². The predicted molar refractivity (Wildman–Crippen MR) is 70.1 cm³/mol. The van der Waals surface area contributed by atoms with Crippen molar-refractivity contribution < 1.29 is 0 Å². The van der Waals surface area contributed by atoms with Crippen LogP contribution < -0.4 is 5.32 Å². The maximum Gasteiger partial charge on any atom is 0.128 e. The van der Waals surface area contributed by atoms with Gasteiger partial charge in [-0.2, -0.15) is 0 Å². The van der Waals surface area contributed by atoms with E-state index in [9.17, 15) is 0 Å². The molecule has 1 aliphatic heterocycles. The van der Waals surface area contributed by atoms with Crippen LogP contribution in [0.2, 0.25) is 5.15 Å². The van der Waals surface area contributed by atoms with Crippen LogP contribution in [0.4, 0.5) is 0 Å². The Morgan fingerprint density at radius 1 is 1.41 bits per heavy atom. The summed E-state index contributed by atoms with van der Waals surface area (Å²) in [4.78, 5) is 6.67. The van der Waals surface area contributed by atoms with E-state index in [-0.39, 0.29) is 0 Å². The zero-order chi connectivity index (χ0) is 12.3. The molecule has 1 saturated heterocycles. The largest absolute Gasteiger partial charge is 0.321 e. The Balaban J connectivity index is 1.71. The molecule has 0 amide bonds. The summed E-state index contributed by atoms with van der Waals surface area (Å²) in [6.07, 6.45) is 4.30. The fourth-order valence-electron chi connectivity index (χ4n) is 2.24. The van der Waals surface area contributed by atoms with Crippen molar-refractivity contribution >= 4 is 11.6 Å². The Hall–Kier alpha value is -0.580. The van der Waals surface area contributed by atoms with Crippen molar-refractivity contribution in [3.8, 4) is 0 Å². The molecule has 0 aliphatic carbocycles. The highest BCUT2D eigenvalue weighted by Gasteiger charge is 2.16. The van der Waals surface area contributed by atoms with Gasteiger partial charge in [-0.3, -0.25) is 0 Å². The van der Waals surface area contributed by atoms with Crippen molar-refractivity contribution in [1.29, 1.82) is 0 Å². The lowest BCUT2D eigenvalue weighted by Crippen LogP contribution is -2.35. The van der Waals surface area contributed by atoms with Crippen molar-refractivity contribution in [3.05, 3.63) is 17.2 Å². The van der Waals surface area contributed by atoms with Gasteiger partial charge in [0, 0.05) is 7.05 Å². The van der Waals surface area contributed by atoms with Crippen molar-refractivity contribution in [3.63, 3.8) is 0 Å². The second-order valence-corrected chi connectivity index (χ2v) is 5.32. The number of hydrogen-bond acceptors (Lipinski definition) is 3. The highest BCUT2D eigenvalue weighted by molar-refractivity contribution is 6.29. The summed E-state index contributed by atoms with van der Waals surface area (Å²) in [5.74, 6) is 1.81. The molecule has 1 aliphatic rings. The smallest absolute Gasteiger partial charge is 0.128 e. The molecule has 2 heterocycles. The lowest BCUT2D eigenvalue weighted by atomic mass is 9.97. The number of rotatable bonds is 4. The number of halogens is 1. The van der Waals surface area contributed by atoms with Crippen LogP contribution in [-0.2, 0) is 13.6 Å². The van der Waals surface area contributed by atoms with E-state index in [1.54, 1.807) is 6.20 Å². The molecule has 1 aromatic rings. The molecule has 1 fully saturated rings. The van der Waals surface area contributed by atoms with Crippen LogP contribution in [0.3, 0.4) is 0 Å². The lowest BCUT2D eigenvalue weighted by molar-refractivity contribution is 0.215. The summed E-state index contributed by atoms with van der Waals surface area (Å²) in [5, 5.41) is 4.18. The molecule has 1 N–H and O–H groups in total. The second-order valence-electron chi connectivity index (χ2n) is 4.93. The Bertz CT molecular complexity index is 355. The zero-order valence-corrected chi connectivity index (χ0v) is 11.4. The van der Waals surface area contributed by atoms with Gasteiger partial charge in [0.1, 0.15) is 11.0 Å². The molecule has 0 saturated carbocycles. The summed E-state index contributed by atoms with van der Waals surface area (Å²) in [6.45, 7) is 4.33. The van der Waals surface area contributed by atoms with E-state index < -0.39 is 0 Å². The minimum atomic E-state index is 0.695. The fraction of sp³-hybridized carbons (Fsp3) is 0.750. The van der Waals surface area contributed by atoms with Gasteiger partial charge in [-0.25, -0.2) is 4.98 Å². The highest BCUT2D eigenvalue weighted by Crippen LogP contribution is 2.15.